The lowest BCUT2D eigenvalue weighted by atomic mass is 9.90. The zero-order chi connectivity index (χ0) is 12.6. The quantitative estimate of drug-likeness (QED) is 0.762. The van der Waals surface area contributed by atoms with E-state index in [9.17, 15) is 4.79 Å². The van der Waals surface area contributed by atoms with Crippen LogP contribution in [0.4, 0.5) is 5.69 Å². The van der Waals surface area contributed by atoms with Crippen molar-refractivity contribution in [3.05, 3.63) is 24.3 Å². The molecule has 0 spiro atoms. The molecule has 0 atom stereocenters. The number of ether oxygens (including phenoxy) is 2. The van der Waals surface area contributed by atoms with E-state index in [2.05, 4.69) is 6.92 Å². The molecule has 0 radical (unpaired) electrons. The number of rotatable bonds is 4. The lowest BCUT2D eigenvalue weighted by Crippen LogP contribution is -2.44. The van der Waals surface area contributed by atoms with E-state index in [0.717, 1.165) is 31.2 Å². The van der Waals surface area contributed by atoms with Gasteiger partial charge in [-0.25, -0.2) is 0 Å². The number of benzene rings is 1. The van der Waals surface area contributed by atoms with Gasteiger partial charge in [0.2, 0.25) is 5.91 Å². The van der Waals surface area contributed by atoms with E-state index in [1.165, 1.54) is 0 Å². The van der Waals surface area contributed by atoms with Crippen LogP contribution in [0.25, 0.3) is 0 Å². The number of carbonyl (C=O) groups is 1. The Morgan fingerprint density at radius 3 is 2.83 bits per heavy atom. The topological polar surface area (TPSA) is 38.8 Å². The third-order valence-corrected chi connectivity index (χ3v) is 3.47. The Morgan fingerprint density at radius 2 is 2.28 bits per heavy atom. The van der Waals surface area contributed by atoms with Crippen molar-refractivity contribution in [1.82, 2.24) is 0 Å². The number of hydrogen-bond donors (Lipinski definition) is 0. The molecule has 3 rings (SSSR count). The van der Waals surface area contributed by atoms with Gasteiger partial charge in [0.05, 0.1) is 19.8 Å². The van der Waals surface area contributed by atoms with Crippen molar-refractivity contribution in [2.24, 2.45) is 5.41 Å². The molecule has 2 heterocycles. The smallest absolute Gasteiger partial charge is 0.228 e. The first-order chi connectivity index (χ1) is 8.66. The summed E-state index contributed by atoms with van der Waals surface area (Å²) in [5.74, 6) is 1.01. The molecule has 4 heteroatoms. The third-order valence-electron chi connectivity index (χ3n) is 3.47. The van der Waals surface area contributed by atoms with Crippen LogP contribution in [0.15, 0.2) is 24.3 Å². The molecule has 18 heavy (non-hydrogen) atoms. The molecule has 96 valence electrons. The summed E-state index contributed by atoms with van der Waals surface area (Å²) in [6, 6.07) is 7.73. The Morgan fingerprint density at radius 1 is 1.44 bits per heavy atom. The highest BCUT2D eigenvalue weighted by molar-refractivity contribution is 5.99. The molecule has 0 N–H and O–H groups in total. The largest absolute Gasteiger partial charge is 0.493 e. The highest BCUT2D eigenvalue weighted by Gasteiger charge is 2.34. The van der Waals surface area contributed by atoms with Crippen LogP contribution >= 0.6 is 0 Å². The average molecular weight is 247 g/mol. The van der Waals surface area contributed by atoms with Crippen molar-refractivity contribution in [2.45, 2.75) is 13.3 Å². The summed E-state index contributed by atoms with van der Waals surface area (Å²) in [6.07, 6.45) is 0.653. The Hall–Kier alpha value is -1.55. The SMILES string of the molecule is CC1(COc2cccc(N3CCC3=O)c2)COC1. The number of anilines is 1. The Balaban J connectivity index is 1.65. The average Bonchev–Trinajstić information content (AvgIpc) is 2.33. The Bertz CT molecular complexity index is 468. The lowest BCUT2D eigenvalue weighted by Gasteiger charge is -2.37. The van der Waals surface area contributed by atoms with Crippen molar-refractivity contribution in [3.8, 4) is 5.75 Å². The zero-order valence-corrected chi connectivity index (χ0v) is 10.5. The maximum atomic E-state index is 11.4. The predicted molar refractivity (Wildman–Crippen MR) is 67.8 cm³/mol. The number of hydrogen-bond acceptors (Lipinski definition) is 3. The van der Waals surface area contributed by atoms with Gasteiger partial charge >= 0.3 is 0 Å². The molecule has 2 aliphatic heterocycles. The standard InChI is InChI=1S/C14H17NO3/c1-14(8-17-9-14)10-18-12-4-2-3-11(7-12)15-6-5-13(15)16/h2-4,7H,5-6,8-10H2,1H3. The maximum absolute atomic E-state index is 11.4. The number of amides is 1. The summed E-state index contributed by atoms with van der Waals surface area (Å²) >= 11 is 0. The Labute approximate surface area is 106 Å². The van der Waals surface area contributed by atoms with E-state index in [-0.39, 0.29) is 11.3 Å². The van der Waals surface area contributed by atoms with Gasteiger partial charge in [-0.15, -0.1) is 0 Å². The molecule has 0 unspecified atom stereocenters. The first-order valence-electron chi connectivity index (χ1n) is 6.27. The fourth-order valence-corrected chi connectivity index (χ4v) is 2.12. The second kappa shape index (κ2) is 4.28. The summed E-state index contributed by atoms with van der Waals surface area (Å²) in [6.45, 7) is 5.14. The molecular weight excluding hydrogens is 230 g/mol. The van der Waals surface area contributed by atoms with Gasteiger partial charge < -0.3 is 14.4 Å². The maximum Gasteiger partial charge on any atom is 0.228 e. The van der Waals surface area contributed by atoms with Crippen LogP contribution in [0, 0.1) is 5.41 Å². The molecular formula is C14H17NO3. The van der Waals surface area contributed by atoms with Gasteiger partial charge in [0.25, 0.3) is 0 Å². The minimum Gasteiger partial charge on any atom is -0.493 e. The van der Waals surface area contributed by atoms with Crippen molar-refractivity contribution < 1.29 is 14.3 Å². The van der Waals surface area contributed by atoms with E-state index < -0.39 is 0 Å². The molecule has 0 saturated carbocycles. The highest BCUT2D eigenvalue weighted by atomic mass is 16.5. The van der Waals surface area contributed by atoms with Crippen LogP contribution in [0.5, 0.6) is 5.75 Å². The molecule has 1 aromatic carbocycles. The van der Waals surface area contributed by atoms with Crippen LogP contribution < -0.4 is 9.64 Å². The summed E-state index contributed by atoms with van der Waals surface area (Å²) < 4.78 is 11.0. The van der Waals surface area contributed by atoms with Gasteiger partial charge in [0.1, 0.15) is 5.75 Å². The molecule has 0 aromatic heterocycles. The van der Waals surface area contributed by atoms with Crippen molar-refractivity contribution in [1.29, 1.82) is 0 Å². The van der Waals surface area contributed by atoms with Gasteiger partial charge in [-0.3, -0.25) is 4.79 Å². The molecule has 0 aliphatic carbocycles. The molecule has 2 aliphatic rings. The van der Waals surface area contributed by atoms with E-state index in [1.807, 2.05) is 24.3 Å². The van der Waals surface area contributed by atoms with E-state index >= 15 is 0 Å². The molecule has 2 saturated heterocycles. The normalized spacial score (nSPS) is 21.2. The van der Waals surface area contributed by atoms with Crippen molar-refractivity contribution >= 4 is 11.6 Å². The van der Waals surface area contributed by atoms with Gasteiger partial charge in [0, 0.05) is 30.1 Å². The first kappa shape index (κ1) is 11.5. The first-order valence-corrected chi connectivity index (χ1v) is 6.27. The lowest BCUT2D eigenvalue weighted by molar-refractivity contribution is -0.122. The van der Waals surface area contributed by atoms with E-state index in [1.54, 1.807) is 4.90 Å². The molecule has 1 aromatic rings. The van der Waals surface area contributed by atoms with Gasteiger partial charge in [-0.05, 0) is 12.1 Å². The summed E-state index contributed by atoms with van der Waals surface area (Å²) in [4.78, 5) is 13.2. The number of carbonyl (C=O) groups excluding carboxylic acids is 1. The van der Waals surface area contributed by atoms with Crippen LogP contribution in [-0.2, 0) is 9.53 Å². The minimum absolute atomic E-state index is 0.141. The van der Waals surface area contributed by atoms with Gasteiger partial charge in [-0.2, -0.15) is 0 Å². The van der Waals surface area contributed by atoms with E-state index in [0.29, 0.717) is 13.0 Å². The van der Waals surface area contributed by atoms with E-state index in [4.69, 9.17) is 9.47 Å². The van der Waals surface area contributed by atoms with Crippen molar-refractivity contribution in [3.63, 3.8) is 0 Å². The highest BCUT2D eigenvalue weighted by Crippen LogP contribution is 2.30. The fraction of sp³-hybridized carbons (Fsp3) is 0.500. The van der Waals surface area contributed by atoms with Crippen LogP contribution in [0.3, 0.4) is 0 Å². The summed E-state index contributed by atoms with van der Waals surface area (Å²) in [5, 5.41) is 0. The van der Waals surface area contributed by atoms with Gasteiger partial charge in [-0.1, -0.05) is 13.0 Å². The van der Waals surface area contributed by atoms with Gasteiger partial charge in [0.15, 0.2) is 0 Å². The minimum atomic E-state index is 0.141. The molecule has 0 bridgehead atoms. The second-order valence-corrected chi connectivity index (χ2v) is 5.38. The molecule has 1 amide bonds. The summed E-state index contributed by atoms with van der Waals surface area (Å²) in [7, 11) is 0. The Kier molecular flexibility index (Phi) is 2.74. The molecule has 4 nitrogen and oxygen atoms in total. The number of nitrogens with zero attached hydrogens (tertiary/aromatic N) is 1. The molecule has 2 fully saturated rings. The zero-order valence-electron chi connectivity index (χ0n) is 10.5. The monoisotopic (exact) mass is 247 g/mol. The fourth-order valence-electron chi connectivity index (χ4n) is 2.12. The summed E-state index contributed by atoms with van der Waals surface area (Å²) in [5.41, 5.74) is 1.07. The third kappa shape index (κ3) is 2.08. The van der Waals surface area contributed by atoms with Crippen LogP contribution in [0.1, 0.15) is 13.3 Å². The number of β-lactam (4-membered cyclic amide) rings is 1. The van der Waals surface area contributed by atoms with Crippen LogP contribution in [-0.4, -0.2) is 32.3 Å². The second-order valence-electron chi connectivity index (χ2n) is 5.38. The van der Waals surface area contributed by atoms with Crippen molar-refractivity contribution in [2.75, 3.05) is 31.3 Å². The van der Waals surface area contributed by atoms with Crippen LogP contribution in [0.2, 0.25) is 0 Å². The predicted octanol–water partition coefficient (Wildman–Crippen LogP) is 1.84.